The molecule has 0 heterocycles. The number of nitrogens with zero attached hydrogens (tertiary/aromatic N) is 1. The zero-order valence-corrected chi connectivity index (χ0v) is 23.3. The molecule has 0 saturated carbocycles. The van der Waals surface area contributed by atoms with E-state index in [1.165, 1.54) is 5.56 Å². The summed E-state index contributed by atoms with van der Waals surface area (Å²) in [7, 11) is 1.61. The Bertz CT molecular complexity index is 1170. The van der Waals surface area contributed by atoms with Gasteiger partial charge in [0.2, 0.25) is 5.91 Å². The normalized spacial score (nSPS) is 11.5. The number of nitrogens with one attached hydrogen (secondary N) is 1. The molecule has 3 aromatic carbocycles. The van der Waals surface area contributed by atoms with E-state index >= 15 is 0 Å². The lowest BCUT2D eigenvalue weighted by molar-refractivity contribution is -0.142. The summed E-state index contributed by atoms with van der Waals surface area (Å²) in [6.07, 6.45) is 2.10. The maximum atomic E-state index is 13.7. The lowest BCUT2D eigenvalue weighted by Gasteiger charge is -2.31. The molecule has 0 saturated heterocycles. The molecular weight excluding hydrogens is 532 g/mol. The molecule has 0 spiro atoms. The highest BCUT2D eigenvalue weighted by Gasteiger charge is 2.30. The molecule has 0 aliphatic carbocycles. The summed E-state index contributed by atoms with van der Waals surface area (Å²) in [5.74, 6) is 0.815. The Kier molecular flexibility index (Phi) is 11.0. The summed E-state index contributed by atoms with van der Waals surface area (Å²) < 4.78 is 12.1. The van der Waals surface area contributed by atoms with E-state index in [4.69, 9.17) is 9.47 Å². The summed E-state index contributed by atoms with van der Waals surface area (Å²) in [6, 6.07) is 22.4. The van der Waals surface area contributed by atoms with Crippen molar-refractivity contribution in [1.29, 1.82) is 0 Å². The van der Waals surface area contributed by atoms with Gasteiger partial charge in [-0.2, -0.15) is 0 Å². The monoisotopic (exact) mass is 566 g/mol. The number of hydrogen-bond acceptors (Lipinski definition) is 4. The van der Waals surface area contributed by atoms with Crippen LogP contribution >= 0.6 is 15.9 Å². The molecule has 1 atom stereocenters. The molecular formula is C30H35BrN2O4. The van der Waals surface area contributed by atoms with Gasteiger partial charge in [-0.25, -0.2) is 0 Å². The zero-order chi connectivity index (χ0) is 26.6. The second-order valence-electron chi connectivity index (χ2n) is 8.78. The van der Waals surface area contributed by atoms with Crippen LogP contribution in [0.5, 0.6) is 11.5 Å². The zero-order valence-electron chi connectivity index (χ0n) is 21.7. The van der Waals surface area contributed by atoms with Crippen LogP contribution in [0, 0.1) is 0 Å². The van der Waals surface area contributed by atoms with E-state index in [2.05, 4.69) is 28.2 Å². The van der Waals surface area contributed by atoms with Crippen LogP contribution < -0.4 is 14.8 Å². The topological polar surface area (TPSA) is 67.9 Å². The van der Waals surface area contributed by atoms with Gasteiger partial charge in [-0.1, -0.05) is 62.4 Å². The van der Waals surface area contributed by atoms with Crippen molar-refractivity contribution >= 4 is 27.7 Å². The molecule has 37 heavy (non-hydrogen) atoms. The fraction of sp³-hybridized carbons (Fsp3) is 0.333. The first-order chi connectivity index (χ1) is 17.9. The van der Waals surface area contributed by atoms with Gasteiger partial charge < -0.3 is 19.7 Å². The number of amides is 2. The van der Waals surface area contributed by atoms with Crippen LogP contribution in [0.25, 0.3) is 0 Å². The molecule has 7 heteroatoms. The Balaban J connectivity index is 1.91. The molecule has 196 valence electrons. The first-order valence-corrected chi connectivity index (χ1v) is 13.4. The van der Waals surface area contributed by atoms with Crippen LogP contribution in [0.1, 0.15) is 37.0 Å². The van der Waals surface area contributed by atoms with Gasteiger partial charge in [0.1, 0.15) is 17.5 Å². The van der Waals surface area contributed by atoms with Crippen molar-refractivity contribution in [3.05, 3.63) is 94.0 Å². The van der Waals surface area contributed by atoms with Gasteiger partial charge in [-0.3, -0.25) is 9.59 Å². The Morgan fingerprint density at radius 1 is 0.946 bits per heavy atom. The van der Waals surface area contributed by atoms with E-state index in [1.807, 2.05) is 79.7 Å². The quantitative estimate of drug-likeness (QED) is 0.294. The lowest BCUT2D eigenvalue weighted by atomic mass is 10.0. The minimum Gasteiger partial charge on any atom is -0.497 e. The first kappa shape index (κ1) is 28.3. The first-order valence-electron chi connectivity index (χ1n) is 12.6. The van der Waals surface area contributed by atoms with Crippen LogP contribution in [0.3, 0.4) is 0 Å². The Morgan fingerprint density at radius 3 is 2.38 bits per heavy atom. The van der Waals surface area contributed by atoms with E-state index in [0.29, 0.717) is 24.5 Å². The predicted octanol–water partition coefficient (Wildman–Crippen LogP) is 5.57. The molecule has 6 nitrogen and oxygen atoms in total. The second-order valence-corrected chi connectivity index (χ2v) is 9.63. The maximum absolute atomic E-state index is 13.7. The maximum Gasteiger partial charge on any atom is 0.261 e. The summed E-state index contributed by atoms with van der Waals surface area (Å²) in [5.41, 5.74) is 3.00. The molecule has 0 aliphatic heterocycles. The Morgan fingerprint density at radius 2 is 1.70 bits per heavy atom. The average Bonchev–Trinajstić information content (AvgIpc) is 2.93. The summed E-state index contributed by atoms with van der Waals surface area (Å²) in [4.78, 5) is 28.7. The number of aryl methyl sites for hydroxylation is 1. The largest absolute Gasteiger partial charge is 0.497 e. The minimum absolute atomic E-state index is 0.185. The molecule has 0 bridgehead atoms. The predicted molar refractivity (Wildman–Crippen MR) is 150 cm³/mol. The van der Waals surface area contributed by atoms with Gasteiger partial charge >= 0.3 is 0 Å². The minimum atomic E-state index is -0.706. The van der Waals surface area contributed by atoms with Crippen LogP contribution in [-0.2, 0) is 29.0 Å². The highest BCUT2D eigenvalue weighted by Crippen LogP contribution is 2.26. The molecule has 3 rings (SSSR count). The Labute approximate surface area is 228 Å². The van der Waals surface area contributed by atoms with E-state index in [9.17, 15) is 9.59 Å². The fourth-order valence-electron chi connectivity index (χ4n) is 3.99. The third-order valence-corrected chi connectivity index (χ3v) is 6.68. The van der Waals surface area contributed by atoms with Crippen molar-refractivity contribution in [2.45, 2.75) is 45.7 Å². The number of halogens is 1. The van der Waals surface area contributed by atoms with Gasteiger partial charge in [0, 0.05) is 19.5 Å². The lowest BCUT2D eigenvalue weighted by Crippen LogP contribution is -2.51. The van der Waals surface area contributed by atoms with Gasteiger partial charge in [0.15, 0.2) is 6.61 Å². The van der Waals surface area contributed by atoms with Gasteiger partial charge in [0.05, 0.1) is 11.6 Å². The number of benzene rings is 3. The van der Waals surface area contributed by atoms with Gasteiger partial charge in [-0.05, 0) is 69.7 Å². The molecule has 0 aliphatic rings. The molecule has 1 N–H and O–H groups in total. The van der Waals surface area contributed by atoms with Gasteiger partial charge in [0.25, 0.3) is 5.91 Å². The number of carbonyl (C=O) groups excluding carboxylic acids is 2. The van der Waals surface area contributed by atoms with Crippen molar-refractivity contribution in [3.63, 3.8) is 0 Å². The van der Waals surface area contributed by atoms with Crippen LogP contribution in [0.4, 0.5) is 0 Å². The van der Waals surface area contributed by atoms with Crippen LogP contribution in [0.2, 0.25) is 0 Å². The smallest absolute Gasteiger partial charge is 0.261 e. The van der Waals surface area contributed by atoms with Crippen molar-refractivity contribution in [2.75, 3.05) is 20.3 Å². The number of rotatable bonds is 13. The number of hydrogen-bond donors (Lipinski definition) is 1. The van der Waals surface area contributed by atoms with E-state index < -0.39 is 6.04 Å². The molecule has 0 fully saturated rings. The van der Waals surface area contributed by atoms with E-state index in [1.54, 1.807) is 12.0 Å². The SMILES string of the molecule is CCCNC(=O)[C@H](Cc1ccccc1)N(Cc1cccc(OC)c1)C(=O)COc1ccc(CC)cc1Br. The van der Waals surface area contributed by atoms with Crippen molar-refractivity contribution < 1.29 is 19.1 Å². The number of carbonyl (C=O) groups is 2. The van der Waals surface area contributed by atoms with Crippen molar-refractivity contribution in [1.82, 2.24) is 10.2 Å². The highest BCUT2D eigenvalue weighted by molar-refractivity contribution is 9.10. The van der Waals surface area contributed by atoms with Gasteiger partial charge in [-0.15, -0.1) is 0 Å². The molecule has 0 radical (unpaired) electrons. The standard InChI is InChI=1S/C30H35BrN2O4/c1-4-16-32-30(35)27(19-23-10-7-6-8-11-23)33(20-24-12-9-13-25(17-24)36-3)29(34)21-37-28-15-14-22(5-2)18-26(28)31/h6-15,17-18,27H,4-5,16,19-21H2,1-3H3,(H,32,35)/t27-/m0/s1. The third kappa shape index (κ3) is 8.35. The van der Waals surface area contributed by atoms with Crippen LogP contribution in [0.15, 0.2) is 77.3 Å². The summed E-state index contributed by atoms with van der Waals surface area (Å²) in [5, 5.41) is 2.99. The fourth-order valence-corrected chi connectivity index (χ4v) is 4.53. The molecule has 3 aromatic rings. The number of ether oxygens (including phenoxy) is 2. The molecule has 2 amide bonds. The Hall–Kier alpha value is -3.32. The average molecular weight is 568 g/mol. The van der Waals surface area contributed by atoms with E-state index in [-0.39, 0.29) is 25.0 Å². The van der Waals surface area contributed by atoms with Crippen LogP contribution in [-0.4, -0.2) is 43.0 Å². The summed E-state index contributed by atoms with van der Waals surface area (Å²) in [6.45, 7) is 4.67. The number of methoxy groups -OCH3 is 1. The van der Waals surface area contributed by atoms with Crippen molar-refractivity contribution in [3.8, 4) is 11.5 Å². The third-order valence-electron chi connectivity index (χ3n) is 6.06. The van der Waals surface area contributed by atoms with Crippen molar-refractivity contribution in [2.24, 2.45) is 0 Å². The second kappa shape index (κ2) is 14.4. The molecule has 0 aromatic heterocycles. The van der Waals surface area contributed by atoms with E-state index in [0.717, 1.165) is 28.4 Å². The molecule has 0 unspecified atom stereocenters. The highest BCUT2D eigenvalue weighted by atomic mass is 79.9. The summed E-state index contributed by atoms with van der Waals surface area (Å²) >= 11 is 3.54.